The van der Waals surface area contributed by atoms with E-state index in [2.05, 4.69) is 47.2 Å². The second-order valence-electron chi connectivity index (χ2n) is 7.24. The molecule has 0 aliphatic carbocycles. The van der Waals surface area contributed by atoms with Crippen molar-refractivity contribution >= 4 is 23.2 Å². The molecule has 1 aliphatic rings. The molecule has 0 spiro atoms. The number of amides is 1. The minimum atomic E-state index is 0.224. The van der Waals surface area contributed by atoms with Gasteiger partial charge in [0.1, 0.15) is 0 Å². The van der Waals surface area contributed by atoms with E-state index in [9.17, 15) is 4.79 Å². The molecular weight excluding hydrogens is 382 g/mol. The Morgan fingerprint density at radius 3 is 2.86 bits per heavy atom. The van der Waals surface area contributed by atoms with Crippen LogP contribution in [0.3, 0.4) is 0 Å². The van der Waals surface area contributed by atoms with Crippen molar-refractivity contribution in [1.29, 1.82) is 0 Å². The van der Waals surface area contributed by atoms with E-state index in [-0.39, 0.29) is 11.9 Å². The molecule has 7 heteroatoms. The fourth-order valence-electron chi connectivity index (χ4n) is 3.43. The minimum absolute atomic E-state index is 0.224. The molecule has 156 valence electrons. The van der Waals surface area contributed by atoms with Crippen LogP contribution in [0.1, 0.15) is 43.0 Å². The van der Waals surface area contributed by atoms with Gasteiger partial charge in [-0.05, 0) is 25.3 Å². The van der Waals surface area contributed by atoms with Crippen molar-refractivity contribution in [2.24, 2.45) is 4.99 Å². The van der Waals surface area contributed by atoms with Crippen molar-refractivity contribution in [1.82, 2.24) is 20.5 Å². The van der Waals surface area contributed by atoms with Gasteiger partial charge in [-0.25, -0.2) is 9.98 Å². The Bertz CT molecular complexity index is 805. The van der Waals surface area contributed by atoms with E-state index < -0.39 is 0 Å². The molecule has 1 aromatic heterocycles. The summed E-state index contributed by atoms with van der Waals surface area (Å²) in [7, 11) is 0. The van der Waals surface area contributed by atoms with Crippen molar-refractivity contribution in [3.8, 4) is 0 Å². The third kappa shape index (κ3) is 6.56. The second-order valence-corrected chi connectivity index (χ2v) is 8.18. The van der Waals surface area contributed by atoms with Gasteiger partial charge < -0.3 is 15.5 Å². The van der Waals surface area contributed by atoms with Crippen LogP contribution < -0.4 is 10.6 Å². The Morgan fingerprint density at radius 2 is 2.10 bits per heavy atom. The Balaban J connectivity index is 1.51. The Hall–Kier alpha value is -2.41. The summed E-state index contributed by atoms with van der Waals surface area (Å²) in [4.78, 5) is 23.2. The largest absolute Gasteiger partial charge is 0.357 e. The Morgan fingerprint density at radius 1 is 1.28 bits per heavy atom. The highest BCUT2D eigenvalue weighted by Crippen LogP contribution is 2.14. The summed E-state index contributed by atoms with van der Waals surface area (Å²) in [6.07, 6.45) is 3.49. The number of aryl methyl sites for hydroxylation is 2. The first-order valence-corrected chi connectivity index (χ1v) is 11.4. The molecule has 1 amide bonds. The highest BCUT2D eigenvalue weighted by atomic mass is 32.1. The average molecular weight is 414 g/mol. The molecule has 0 radical (unpaired) electrons. The molecule has 1 aromatic carbocycles. The van der Waals surface area contributed by atoms with Gasteiger partial charge in [-0.1, -0.05) is 37.3 Å². The number of hydrogen-bond acceptors (Lipinski definition) is 4. The zero-order valence-electron chi connectivity index (χ0n) is 17.4. The van der Waals surface area contributed by atoms with Crippen LogP contribution in [0.2, 0.25) is 0 Å². The fraction of sp³-hybridized carbons (Fsp3) is 0.500. The Kier molecular flexibility index (Phi) is 8.04. The molecule has 2 heterocycles. The highest BCUT2D eigenvalue weighted by Gasteiger charge is 2.25. The van der Waals surface area contributed by atoms with Gasteiger partial charge in [0.25, 0.3) is 0 Å². The number of aromatic nitrogens is 1. The van der Waals surface area contributed by atoms with Crippen LogP contribution in [0, 0.1) is 0 Å². The number of carbonyl (C=O) groups is 1. The molecule has 2 aromatic rings. The van der Waals surface area contributed by atoms with Crippen LogP contribution in [-0.4, -0.2) is 47.4 Å². The summed E-state index contributed by atoms with van der Waals surface area (Å²) < 4.78 is 0. The topological polar surface area (TPSA) is 69.6 Å². The zero-order chi connectivity index (χ0) is 20.5. The van der Waals surface area contributed by atoms with E-state index in [0.717, 1.165) is 55.6 Å². The van der Waals surface area contributed by atoms with Crippen molar-refractivity contribution in [3.05, 3.63) is 52.0 Å². The number of aliphatic imine (C=N–C) groups is 1. The summed E-state index contributed by atoms with van der Waals surface area (Å²) in [6.45, 7) is 6.90. The van der Waals surface area contributed by atoms with E-state index in [1.54, 1.807) is 11.3 Å². The number of nitrogens with one attached hydrogen (secondary N) is 2. The van der Waals surface area contributed by atoms with Crippen LogP contribution in [-0.2, 0) is 24.2 Å². The molecular formula is C22H31N5OS. The smallest absolute Gasteiger partial charge is 0.222 e. The predicted octanol–water partition coefficient (Wildman–Crippen LogP) is 2.99. The number of hydrogen-bond donors (Lipinski definition) is 2. The fourth-order valence-corrected chi connectivity index (χ4v) is 4.22. The number of guanidine groups is 1. The number of rotatable bonds is 8. The maximum Gasteiger partial charge on any atom is 0.222 e. The first-order chi connectivity index (χ1) is 14.2. The highest BCUT2D eigenvalue weighted by molar-refractivity contribution is 7.09. The summed E-state index contributed by atoms with van der Waals surface area (Å²) in [5, 5.41) is 10.0. The molecule has 1 unspecified atom stereocenters. The molecule has 2 N–H and O–H groups in total. The average Bonchev–Trinajstić information content (AvgIpc) is 3.40. The van der Waals surface area contributed by atoms with Gasteiger partial charge in [0.2, 0.25) is 5.91 Å². The molecule has 1 atom stereocenters. The molecule has 1 fully saturated rings. The standard InChI is InChI=1S/C22H31N5OS/c1-3-21(28)27-13-12-18(15-27)26-22(23-4-2)24-14-19-16-29-20(25-19)11-10-17-8-6-5-7-9-17/h5-9,16,18H,3-4,10-15H2,1-2H3,(H2,23,24,26). The lowest BCUT2D eigenvalue weighted by molar-refractivity contribution is -0.129. The summed E-state index contributed by atoms with van der Waals surface area (Å²) in [6, 6.07) is 10.8. The van der Waals surface area contributed by atoms with Crippen LogP contribution in [0.15, 0.2) is 40.7 Å². The molecule has 29 heavy (non-hydrogen) atoms. The lowest BCUT2D eigenvalue weighted by Crippen LogP contribution is -2.45. The van der Waals surface area contributed by atoms with Crippen LogP contribution in [0.5, 0.6) is 0 Å². The quantitative estimate of drug-likeness (QED) is 0.516. The second kappa shape index (κ2) is 11.0. The van der Waals surface area contributed by atoms with Gasteiger partial charge in [-0.3, -0.25) is 4.79 Å². The molecule has 0 bridgehead atoms. The minimum Gasteiger partial charge on any atom is -0.357 e. The van der Waals surface area contributed by atoms with Gasteiger partial charge in [-0.15, -0.1) is 11.3 Å². The van der Waals surface area contributed by atoms with Crippen molar-refractivity contribution < 1.29 is 4.79 Å². The monoisotopic (exact) mass is 413 g/mol. The van der Waals surface area contributed by atoms with Gasteiger partial charge in [0.15, 0.2) is 5.96 Å². The first kappa shape index (κ1) is 21.3. The van der Waals surface area contributed by atoms with Gasteiger partial charge in [0, 0.05) is 43.9 Å². The third-order valence-electron chi connectivity index (χ3n) is 5.00. The normalized spacial score (nSPS) is 16.8. The van der Waals surface area contributed by atoms with Crippen LogP contribution in [0.25, 0.3) is 0 Å². The van der Waals surface area contributed by atoms with E-state index in [0.29, 0.717) is 13.0 Å². The van der Waals surface area contributed by atoms with Crippen molar-refractivity contribution in [2.45, 2.75) is 52.1 Å². The number of likely N-dealkylation sites (tertiary alicyclic amines) is 1. The number of benzene rings is 1. The van der Waals surface area contributed by atoms with Crippen molar-refractivity contribution in [3.63, 3.8) is 0 Å². The third-order valence-corrected chi connectivity index (χ3v) is 5.95. The molecule has 6 nitrogen and oxygen atoms in total. The summed E-state index contributed by atoms with van der Waals surface area (Å²) >= 11 is 1.71. The van der Waals surface area contributed by atoms with Crippen LogP contribution >= 0.6 is 11.3 Å². The molecule has 0 saturated carbocycles. The number of thiazole rings is 1. The maximum atomic E-state index is 11.9. The number of nitrogens with zero attached hydrogens (tertiary/aromatic N) is 3. The SMILES string of the molecule is CCNC(=NCc1csc(CCc2ccccc2)n1)NC1CCN(C(=O)CC)C1. The van der Waals surface area contributed by atoms with Crippen molar-refractivity contribution in [2.75, 3.05) is 19.6 Å². The Labute approximate surface area is 177 Å². The summed E-state index contributed by atoms with van der Waals surface area (Å²) in [5.41, 5.74) is 2.34. The van der Waals surface area contributed by atoms with E-state index in [1.165, 1.54) is 5.56 Å². The predicted molar refractivity (Wildman–Crippen MR) is 119 cm³/mol. The molecule has 1 aliphatic heterocycles. The van der Waals surface area contributed by atoms with E-state index in [1.807, 2.05) is 17.9 Å². The van der Waals surface area contributed by atoms with Gasteiger partial charge in [0.05, 0.1) is 17.2 Å². The number of carbonyl (C=O) groups excluding carboxylic acids is 1. The molecule has 1 saturated heterocycles. The first-order valence-electron chi connectivity index (χ1n) is 10.5. The maximum absolute atomic E-state index is 11.9. The zero-order valence-corrected chi connectivity index (χ0v) is 18.2. The van der Waals surface area contributed by atoms with Crippen LogP contribution in [0.4, 0.5) is 0 Å². The molecule has 3 rings (SSSR count). The van der Waals surface area contributed by atoms with Gasteiger partial charge >= 0.3 is 0 Å². The summed E-state index contributed by atoms with van der Waals surface area (Å²) in [5.74, 6) is 1.02. The van der Waals surface area contributed by atoms with E-state index >= 15 is 0 Å². The van der Waals surface area contributed by atoms with Gasteiger partial charge in [-0.2, -0.15) is 0 Å². The lowest BCUT2D eigenvalue weighted by Gasteiger charge is -2.18. The van der Waals surface area contributed by atoms with E-state index in [4.69, 9.17) is 9.98 Å². The lowest BCUT2D eigenvalue weighted by atomic mass is 10.1.